The standard InChI is InChI=1S/C16H21N3O2S.2ClH/c1-12-18-13(11-22-12)10-21-15-7-5-4-6-14(15)16(20)19(3)9-8-17-2;;/h4-7,11,17H,8-10H2,1-3H3;2*1H. The van der Waals surface area contributed by atoms with Gasteiger partial charge >= 0.3 is 0 Å². The first-order chi connectivity index (χ1) is 10.6. The number of nitrogens with one attached hydrogen (secondary N) is 1. The molecule has 24 heavy (non-hydrogen) atoms. The zero-order valence-electron chi connectivity index (χ0n) is 13.9. The number of aryl methyl sites for hydroxylation is 1. The third-order valence-corrected chi connectivity index (χ3v) is 4.03. The molecule has 0 unspecified atom stereocenters. The number of hydrogen-bond donors (Lipinski definition) is 1. The summed E-state index contributed by atoms with van der Waals surface area (Å²) in [5.74, 6) is 0.551. The Morgan fingerprint density at radius 2 is 2.04 bits per heavy atom. The lowest BCUT2D eigenvalue weighted by atomic mass is 10.1. The van der Waals surface area contributed by atoms with Crippen LogP contribution in [0.25, 0.3) is 0 Å². The highest BCUT2D eigenvalue weighted by molar-refractivity contribution is 7.09. The number of rotatable bonds is 7. The molecule has 2 rings (SSSR count). The summed E-state index contributed by atoms with van der Waals surface area (Å²) < 4.78 is 5.79. The minimum atomic E-state index is -0.0414. The Bertz CT molecular complexity index is 637. The Balaban J connectivity index is 0.00000264. The van der Waals surface area contributed by atoms with Crippen LogP contribution in [0.2, 0.25) is 0 Å². The van der Waals surface area contributed by atoms with E-state index in [-0.39, 0.29) is 30.7 Å². The molecule has 0 aliphatic rings. The van der Waals surface area contributed by atoms with Gasteiger partial charge in [-0.25, -0.2) is 4.98 Å². The number of amides is 1. The average Bonchev–Trinajstić information content (AvgIpc) is 2.95. The summed E-state index contributed by atoms with van der Waals surface area (Å²) in [4.78, 5) is 18.5. The fourth-order valence-corrected chi connectivity index (χ4v) is 2.58. The zero-order chi connectivity index (χ0) is 15.9. The van der Waals surface area contributed by atoms with E-state index in [0.717, 1.165) is 17.2 Å². The first kappa shape index (κ1) is 22.7. The summed E-state index contributed by atoms with van der Waals surface area (Å²) in [6.45, 7) is 3.73. The molecule has 0 atom stereocenters. The number of nitrogens with zero attached hydrogens (tertiary/aromatic N) is 2. The van der Waals surface area contributed by atoms with Crippen molar-refractivity contribution >= 4 is 42.1 Å². The van der Waals surface area contributed by atoms with E-state index in [0.29, 0.717) is 24.5 Å². The Morgan fingerprint density at radius 3 is 2.67 bits per heavy atom. The van der Waals surface area contributed by atoms with Crippen LogP contribution < -0.4 is 10.1 Å². The lowest BCUT2D eigenvalue weighted by Crippen LogP contribution is -2.33. The molecule has 0 saturated carbocycles. The molecule has 1 aromatic heterocycles. The number of hydrogen-bond acceptors (Lipinski definition) is 5. The second kappa shape index (κ2) is 11.3. The third-order valence-electron chi connectivity index (χ3n) is 3.20. The van der Waals surface area contributed by atoms with Crippen molar-refractivity contribution in [1.82, 2.24) is 15.2 Å². The minimum Gasteiger partial charge on any atom is -0.486 e. The van der Waals surface area contributed by atoms with E-state index >= 15 is 0 Å². The number of carbonyl (C=O) groups excluding carboxylic acids is 1. The van der Waals surface area contributed by atoms with Crippen molar-refractivity contribution in [3.05, 3.63) is 45.9 Å². The Labute approximate surface area is 159 Å². The van der Waals surface area contributed by atoms with Gasteiger partial charge in [0, 0.05) is 25.5 Å². The number of benzene rings is 1. The van der Waals surface area contributed by atoms with E-state index in [2.05, 4.69) is 10.3 Å². The molecule has 0 saturated heterocycles. The van der Waals surface area contributed by atoms with E-state index in [1.807, 2.05) is 37.6 Å². The van der Waals surface area contributed by atoms with Crippen molar-refractivity contribution in [3.63, 3.8) is 0 Å². The van der Waals surface area contributed by atoms with Gasteiger partial charge < -0.3 is 15.0 Å². The van der Waals surface area contributed by atoms with Gasteiger partial charge in [-0.1, -0.05) is 12.1 Å². The van der Waals surface area contributed by atoms with Gasteiger partial charge in [0.25, 0.3) is 5.91 Å². The maximum absolute atomic E-state index is 12.5. The van der Waals surface area contributed by atoms with Gasteiger partial charge in [0.2, 0.25) is 0 Å². The molecule has 0 bridgehead atoms. The van der Waals surface area contributed by atoms with Gasteiger partial charge in [-0.15, -0.1) is 36.2 Å². The van der Waals surface area contributed by atoms with Gasteiger partial charge in [-0.3, -0.25) is 4.79 Å². The molecule has 134 valence electrons. The van der Waals surface area contributed by atoms with Gasteiger partial charge in [-0.05, 0) is 26.1 Å². The van der Waals surface area contributed by atoms with Crippen molar-refractivity contribution in [2.75, 3.05) is 27.2 Å². The summed E-state index contributed by atoms with van der Waals surface area (Å²) in [6, 6.07) is 7.32. The monoisotopic (exact) mass is 391 g/mol. The molecule has 1 amide bonds. The summed E-state index contributed by atoms with van der Waals surface area (Å²) >= 11 is 1.59. The smallest absolute Gasteiger partial charge is 0.257 e. The molecule has 1 heterocycles. The number of halogens is 2. The van der Waals surface area contributed by atoms with Crippen LogP contribution in [0.4, 0.5) is 0 Å². The molecule has 0 aliphatic heterocycles. The topological polar surface area (TPSA) is 54.5 Å². The normalized spacial score (nSPS) is 9.62. The molecule has 1 N–H and O–H groups in total. The van der Waals surface area contributed by atoms with Crippen molar-refractivity contribution in [2.45, 2.75) is 13.5 Å². The first-order valence-corrected chi connectivity index (χ1v) is 8.02. The van der Waals surface area contributed by atoms with Crippen LogP contribution in [0.15, 0.2) is 29.6 Å². The first-order valence-electron chi connectivity index (χ1n) is 7.14. The maximum atomic E-state index is 12.5. The second-order valence-electron chi connectivity index (χ2n) is 4.97. The molecule has 2 aromatic rings. The van der Waals surface area contributed by atoms with Crippen LogP contribution in [0, 0.1) is 6.92 Å². The molecular formula is C16H23Cl2N3O2S. The Kier molecular flexibility index (Phi) is 10.6. The number of carbonyl (C=O) groups is 1. The number of thiazole rings is 1. The lowest BCUT2D eigenvalue weighted by molar-refractivity contribution is 0.0792. The highest BCUT2D eigenvalue weighted by Crippen LogP contribution is 2.21. The van der Waals surface area contributed by atoms with E-state index in [9.17, 15) is 4.79 Å². The number of para-hydroxylation sites is 1. The van der Waals surface area contributed by atoms with Crippen LogP contribution >= 0.6 is 36.2 Å². The van der Waals surface area contributed by atoms with Gasteiger partial charge in [0.05, 0.1) is 16.3 Å². The van der Waals surface area contributed by atoms with E-state index < -0.39 is 0 Å². The van der Waals surface area contributed by atoms with Gasteiger partial charge in [0.1, 0.15) is 12.4 Å². The van der Waals surface area contributed by atoms with Crippen molar-refractivity contribution in [1.29, 1.82) is 0 Å². The summed E-state index contributed by atoms with van der Waals surface area (Å²) in [6.07, 6.45) is 0. The largest absolute Gasteiger partial charge is 0.486 e. The SMILES string of the molecule is CNCCN(C)C(=O)c1ccccc1OCc1csc(C)n1.Cl.Cl. The van der Waals surface area contributed by atoms with Crippen molar-refractivity contribution in [3.8, 4) is 5.75 Å². The second-order valence-corrected chi connectivity index (χ2v) is 6.04. The van der Waals surface area contributed by atoms with Crippen LogP contribution in [0.5, 0.6) is 5.75 Å². The zero-order valence-corrected chi connectivity index (χ0v) is 16.4. The number of ether oxygens (including phenoxy) is 1. The molecule has 1 aromatic carbocycles. The molecular weight excluding hydrogens is 369 g/mol. The third kappa shape index (κ3) is 6.28. The van der Waals surface area contributed by atoms with Crippen molar-refractivity contribution in [2.24, 2.45) is 0 Å². The van der Waals surface area contributed by atoms with E-state index in [1.165, 1.54) is 0 Å². The predicted octanol–water partition coefficient (Wildman–Crippen LogP) is 3.17. The maximum Gasteiger partial charge on any atom is 0.257 e. The highest BCUT2D eigenvalue weighted by atomic mass is 35.5. The fourth-order valence-electron chi connectivity index (χ4n) is 1.98. The summed E-state index contributed by atoms with van der Waals surface area (Å²) in [5.41, 5.74) is 1.46. The molecule has 8 heteroatoms. The predicted molar refractivity (Wildman–Crippen MR) is 103 cm³/mol. The van der Waals surface area contributed by atoms with Crippen LogP contribution in [0.3, 0.4) is 0 Å². The summed E-state index contributed by atoms with van der Waals surface area (Å²) in [7, 11) is 3.66. The molecule has 5 nitrogen and oxygen atoms in total. The molecule has 0 aliphatic carbocycles. The number of aromatic nitrogens is 1. The van der Waals surface area contributed by atoms with Crippen molar-refractivity contribution < 1.29 is 9.53 Å². The Hall–Kier alpha value is -1.34. The fraction of sp³-hybridized carbons (Fsp3) is 0.375. The molecule has 0 spiro atoms. The van der Waals surface area contributed by atoms with Crippen LogP contribution in [0.1, 0.15) is 21.1 Å². The molecule has 0 radical (unpaired) electrons. The minimum absolute atomic E-state index is 0. The quantitative estimate of drug-likeness (QED) is 0.787. The van der Waals surface area contributed by atoms with Crippen LogP contribution in [-0.2, 0) is 6.61 Å². The van der Waals surface area contributed by atoms with Crippen LogP contribution in [-0.4, -0.2) is 43.0 Å². The Morgan fingerprint density at radius 1 is 1.33 bits per heavy atom. The summed E-state index contributed by atoms with van der Waals surface area (Å²) in [5, 5.41) is 6.02. The van der Waals surface area contributed by atoms with Gasteiger partial charge in [-0.2, -0.15) is 0 Å². The van der Waals surface area contributed by atoms with E-state index in [1.54, 1.807) is 29.4 Å². The highest BCUT2D eigenvalue weighted by Gasteiger charge is 2.16. The van der Waals surface area contributed by atoms with E-state index in [4.69, 9.17) is 4.74 Å². The number of likely N-dealkylation sites (N-methyl/N-ethyl adjacent to an activating group) is 2. The average molecular weight is 392 g/mol. The lowest BCUT2D eigenvalue weighted by Gasteiger charge is -2.18. The molecule has 0 fully saturated rings. The van der Waals surface area contributed by atoms with Gasteiger partial charge in [0.15, 0.2) is 0 Å².